The van der Waals surface area contributed by atoms with Crippen molar-refractivity contribution in [3.05, 3.63) is 0 Å². The van der Waals surface area contributed by atoms with Gasteiger partial charge in [0.15, 0.2) is 17.8 Å². The van der Waals surface area contributed by atoms with Gasteiger partial charge in [-0.1, -0.05) is 0 Å². The van der Waals surface area contributed by atoms with Gasteiger partial charge in [-0.25, -0.2) is 0 Å². The quantitative estimate of drug-likeness (QED) is 0.704. The van der Waals surface area contributed by atoms with Crippen LogP contribution in [0, 0.1) is 0 Å². The van der Waals surface area contributed by atoms with Gasteiger partial charge in [0.05, 0.1) is 6.61 Å². The Labute approximate surface area is 112 Å². The van der Waals surface area contributed by atoms with Crippen molar-refractivity contribution in [3.8, 4) is 0 Å². The van der Waals surface area contributed by atoms with Gasteiger partial charge in [-0.15, -0.1) is 0 Å². The van der Waals surface area contributed by atoms with Gasteiger partial charge in [0, 0.05) is 0 Å². The van der Waals surface area contributed by atoms with Crippen molar-refractivity contribution >= 4 is 0 Å². The minimum absolute atomic E-state index is 0.238. The summed E-state index contributed by atoms with van der Waals surface area (Å²) in [5, 5.41) is 9.16. The van der Waals surface area contributed by atoms with E-state index in [2.05, 4.69) is 5.48 Å². The zero-order chi connectivity index (χ0) is 13.8. The Hall–Kier alpha value is -0.280. The lowest BCUT2D eigenvalue weighted by molar-refractivity contribution is -0.218. The molecular formula is C12H21NO6. The summed E-state index contributed by atoms with van der Waals surface area (Å²) in [5.74, 6) is -1.31. The lowest BCUT2D eigenvalue weighted by Crippen LogP contribution is -2.40. The summed E-state index contributed by atoms with van der Waals surface area (Å²) in [4.78, 5) is 0. The molecule has 0 aromatic rings. The number of hydrogen-bond donors (Lipinski definition) is 2. The van der Waals surface area contributed by atoms with Crippen LogP contribution in [0.3, 0.4) is 0 Å². The first-order valence-electron chi connectivity index (χ1n) is 6.54. The van der Waals surface area contributed by atoms with Crippen LogP contribution < -0.4 is 5.48 Å². The average Bonchev–Trinajstić information content (AvgIpc) is 2.89. The van der Waals surface area contributed by atoms with Gasteiger partial charge >= 0.3 is 0 Å². The van der Waals surface area contributed by atoms with Crippen LogP contribution in [0.1, 0.15) is 27.7 Å². The van der Waals surface area contributed by atoms with Crippen LogP contribution in [-0.2, 0) is 23.7 Å². The van der Waals surface area contributed by atoms with Crippen LogP contribution in [0.5, 0.6) is 0 Å². The van der Waals surface area contributed by atoms with Crippen LogP contribution in [0.25, 0.3) is 0 Å². The van der Waals surface area contributed by atoms with E-state index in [0.717, 1.165) is 0 Å². The fourth-order valence-electron chi connectivity index (χ4n) is 2.91. The average molecular weight is 275 g/mol. The number of ether oxygens (including phenoxy) is 5. The van der Waals surface area contributed by atoms with Crippen molar-refractivity contribution in [2.24, 2.45) is 0 Å². The second kappa shape index (κ2) is 4.36. The van der Waals surface area contributed by atoms with E-state index in [1.807, 2.05) is 27.7 Å². The minimum atomic E-state index is -0.693. The monoisotopic (exact) mass is 275 g/mol. The number of nitrogens with one attached hydrogen (secondary N) is 1. The van der Waals surface area contributed by atoms with E-state index in [0.29, 0.717) is 6.61 Å². The van der Waals surface area contributed by atoms with Crippen molar-refractivity contribution in [3.63, 3.8) is 0 Å². The van der Waals surface area contributed by atoms with Gasteiger partial charge in [-0.05, 0) is 27.7 Å². The maximum absolute atomic E-state index is 9.16. The molecule has 7 nitrogen and oxygen atoms in total. The van der Waals surface area contributed by atoms with Crippen molar-refractivity contribution in [2.45, 2.75) is 69.9 Å². The SMILES string of the molecule is CC1(C)O[C@H]2[C@@H]([C@H]3COC(C)(C)O3)O[C@H](NO)[C@H]2O1. The molecule has 110 valence electrons. The Morgan fingerprint density at radius 2 is 1.63 bits per heavy atom. The molecule has 5 atom stereocenters. The molecule has 0 saturated carbocycles. The normalized spacial score (nSPS) is 47.5. The third-order valence-corrected chi connectivity index (χ3v) is 3.61. The van der Waals surface area contributed by atoms with Gasteiger partial charge in [0.25, 0.3) is 0 Å². The van der Waals surface area contributed by atoms with Crippen LogP contribution in [0.4, 0.5) is 0 Å². The summed E-state index contributed by atoms with van der Waals surface area (Å²) >= 11 is 0. The molecule has 3 heterocycles. The Balaban J connectivity index is 1.76. The second-order valence-corrected chi connectivity index (χ2v) is 6.08. The van der Waals surface area contributed by atoms with E-state index in [4.69, 9.17) is 28.9 Å². The first kappa shape index (κ1) is 13.7. The second-order valence-electron chi connectivity index (χ2n) is 6.08. The van der Waals surface area contributed by atoms with Gasteiger partial charge < -0.3 is 28.9 Å². The third kappa shape index (κ3) is 2.40. The highest BCUT2D eigenvalue weighted by atomic mass is 16.8. The smallest absolute Gasteiger partial charge is 0.164 e. The van der Waals surface area contributed by atoms with Crippen molar-refractivity contribution < 1.29 is 28.9 Å². The summed E-state index contributed by atoms with van der Waals surface area (Å²) in [6.45, 7) is 7.83. The molecule has 3 aliphatic rings. The Morgan fingerprint density at radius 1 is 0.947 bits per heavy atom. The van der Waals surface area contributed by atoms with Gasteiger partial charge in [-0.3, -0.25) is 0 Å². The molecule has 3 aliphatic heterocycles. The Bertz CT molecular complexity index is 360. The zero-order valence-electron chi connectivity index (χ0n) is 11.6. The predicted octanol–water partition coefficient (Wildman–Crippen LogP) is 0.362. The summed E-state index contributed by atoms with van der Waals surface area (Å²) in [7, 11) is 0. The Kier molecular flexibility index (Phi) is 3.14. The highest BCUT2D eigenvalue weighted by Gasteiger charge is 2.58. The van der Waals surface area contributed by atoms with Gasteiger partial charge in [0.1, 0.15) is 24.4 Å². The molecule has 7 heteroatoms. The standard InChI is InChI=1S/C12H21NO6/c1-11(2)15-5-6(17-11)7-8-9(10(13-14)16-7)19-12(3,4)18-8/h6-10,13-14H,5H2,1-4H3/t6-,7-,8+,9+,10+/m1/s1. The number of rotatable bonds is 2. The minimum Gasteiger partial charge on any atom is -0.350 e. The molecule has 0 radical (unpaired) electrons. The summed E-state index contributed by atoms with van der Waals surface area (Å²) in [6, 6.07) is 0. The largest absolute Gasteiger partial charge is 0.350 e. The molecule has 3 fully saturated rings. The van der Waals surface area contributed by atoms with Crippen molar-refractivity contribution in [1.82, 2.24) is 5.48 Å². The van der Waals surface area contributed by atoms with Crippen LogP contribution >= 0.6 is 0 Å². The summed E-state index contributed by atoms with van der Waals surface area (Å²) in [6.07, 6.45) is -1.85. The topological polar surface area (TPSA) is 78.4 Å². The molecule has 0 spiro atoms. The van der Waals surface area contributed by atoms with Crippen LogP contribution in [0.15, 0.2) is 0 Å². The molecular weight excluding hydrogens is 254 g/mol. The third-order valence-electron chi connectivity index (χ3n) is 3.61. The van der Waals surface area contributed by atoms with Gasteiger partial charge in [0.2, 0.25) is 0 Å². The fourth-order valence-corrected chi connectivity index (χ4v) is 2.91. The van der Waals surface area contributed by atoms with Gasteiger partial charge in [-0.2, -0.15) is 5.48 Å². The molecule has 3 saturated heterocycles. The molecule has 0 unspecified atom stereocenters. The molecule has 2 N–H and O–H groups in total. The molecule has 0 aromatic carbocycles. The van der Waals surface area contributed by atoms with E-state index in [1.54, 1.807) is 0 Å². The predicted molar refractivity (Wildman–Crippen MR) is 62.3 cm³/mol. The molecule has 0 bridgehead atoms. The highest BCUT2D eigenvalue weighted by molar-refractivity contribution is 5.00. The molecule has 0 amide bonds. The van der Waals surface area contributed by atoms with E-state index in [9.17, 15) is 0 Å². The number of hydroxylamine groups is 1. The maximum atomic E-state index is 9.16. The zero-order valence-corrected chi connectivity index (χ0v) is 11.6. The van der Waals surface area contributed by atoms with Crippen molar-refractivity contribution in [1.29, 1.82) is 0 Å². The maximum Gasteiger partial charge on any atom is 0.164 e. The molecule has 19 heavy (non-hydrogen) atoms. The Morgan fingerprint density at radius 3 is 2.21 bits per heavy atom. The molecule has 3 rings (SSSR count). The fraction of sp³-hybridized carbons (Fsp3) is 1.00. The van der Waals surface area contributed by atoms with Crippen LogP contribution in [-0.4, -0.2) is 54.0 Å². The summed E-state index contributed by atoms with van der Waals surface area (Å²) in [5.41, 5.74) is 2.12. The number of fused-ring (bicyclic) bond motifs is 1. The summed E-state index contributed by atoms with van der Waals surface area (Å²) < 4.78 is 28.7. The number of hydrogen-bond acceptors (Lipinski definition) is 7. The first-order valence-corrected chi connectivity index (χ1v) is 6.54. The first-order chi connectivity index (χ1) is 8.81. The van der Waals surface area contributed by atoms with Crippen LogP contribution in [0.2, 0.25) is 0 Å². The van der Waals surface area contributed by atoms with E-state index >= 15 is 0 Å². The lowest BCUT2D eigenvalue weighted by atomic mass is 10.1. The van der Waals surface area contributed by atoms with E-state index in [-0.39, 0.29) is 24.4 Å². The van der Waals surface area contributed by atoms with E-state index in [1.165, 1.54) is 0 Å². The molecule has 0 aromatic heterocycles. The highest BCUT2D eigenvalue weighted by Crippen LogP contribution is 2.41. The van der Waals surface area contributed by atoms with E-state index < -0.39 is 17.8 Å². The lowest BCUT2D eigenvalue weighted by Gasteiger charge is -2.26. The molecule has 0 aliphatic carbocycles. The van der Waals surface area contributed by atoms with Crippen molar-refractivity contribution in [2.75, 3.05) is 6.61 Å².